The maximum absolute atomic E-state index is 13.6. The average Bonchev–Trinajstić information content (AvgIpc) is 2.26. The van der Waals surface area contributed by atoms with Crippen LogP contribution in [0.1, 0.15) is 36.7 Å². The molecule has 4 heteroatoms. The van der Waals surface area contributed by atoms with Crippen molar-refractivity contribution in [2.75, 3.05) is 0 Å². The van der Waals surface area contributed by atoms with Gasteiger partial charge in [-0.1, -0.05) is 19.9 Å². The molecule has 1 atom stereocenters. The Balaban J connectivity index is 2.70. The lowest BCUT2D eigenvalue weighted by molar-refractivity contribution is 0.1000. The number of nitrogens with two attached hydrogens (primary N) is 1. The van der Waals surface area contributed by atoms with E-state index in [-0.39, 0.29) is 5.56 Å². The van der Waals surface area contributed by atoms with Crippen molar-refractivity contribution >= 4 is 5.91 Å². The molecule has 1 unspecified atom stereocenters. The summed E-state index contributed by atoms with van der Waals surface area (Å²) in [6, 6.07) is 4.63. The van der Waals surface area contributed by atoms with Gasteiger partial charge in [0, 0.05) is 23.7 Å². The van der Waals surface area contributed by atoms with E-state index in [1.807, 2.05) is 0 Å². The fourth-order valence-corrected chi connectivity index (χ4v) is 1.35. The number of carbonyl (C=O) groups excluding carboxylic acids is 1. The van der Waals surface area contributed by atoms with Gasteiger partial charge in [0.1, 0.15) is 5.82 Å². The fraction of sp³-hybridized carbons (Fsp3) is 0.462. The van der Waals surface area contributed by atoms with Gasteiger partial charge in [-0.25, -0.2) is 4.39 Å². The van der Waals surface area contributed by atoms with Crippen LogP contribution in [0.15, 0.2) is 18.2 Å². The Hall–Kier alpha value is -1.42. The lowest BCUT2D eigenvalue weighted by Crippen LogP contribution is -2.30. The smallest absolute Gasteiger partial charge is 0.248 e. The molecule has 0 aliphatic rings. The zero-order valence-corrected chi connectivity index (χ0v) is 10.5. The van der Waals surface area contributed by atoms with Gasteiger partial charge in [-0.05, 0) is 25.0 Å². The quantitative estimate of drug-likeness (QED) is 0.825. The van der Waals surface area contributed by atoms with Crippen LogP contribution < -0.4 is 11.1 Å². The highest BCUT2D eigenvalue weighted by Gasteiger charge is 2.10. The molecule has 3 nitrogen and oxygen atoms in total. The predicted molar refractivity (Wildman–Crippen MR) is 66.1 cm³/mol. The molecule has 1 amide bonds. The fourth-order valence-electron chi connectivity index (χ4n) is 1.35. The monoisotopic (exact) mass is 238 g/mol. The Bertz CT molecular complexity index is 404. The third-order valence-corrected chi connectivity index (χ3v) is 2.95. The zero-order chi connectivity index (χ0) is 13.0. The molecule has 94 valence electrons. The van der Waals surface area contributed by atoms with Crippen LogP contribution in [0.25, 0.3) is 0 Å². The van der Waals surface area contributed by atoms with E-state index in [1.165, 1.54) is 6.07 Å². The van der Waals surface area contributed by atoms with Crippen LogP contribution in [-0.4, -0.2) is 11.9 Å². The van der Waals surface area contributed by atoms with Crippen molar-refractivity contribution in [3.05, 3.63) is 35.1 Å². The minimum atomic E-state index is -0.612. The predicted octanol–water partition coefficient (Wildman–Crippen LogP) is 2.06. The van der Waals surface area contributed by atoms with E-state index >= 15 is 0 Å². The van der Waals surface area contributed by atoms with Gasteiger partial charge in [0.25, 0.3) is 0 Å². The van der Waals surface area contributed by atoms with Gasteiger partial charge in [0.05, 0.1) is 0 Å². The molecule has 3 N–H and O–H groups in total. The maximum Gasteiger partial charge on any atom is 0.248 e. The van der Waals surface area contributed by atoms with E-state index in [1.54, 1.807) is 12.1 Å². The number of amides is 1. The van der Waals surface area contributed by atoms with E-state index < -0.39 is 11.7 Å². The molecule has 17 heavy (non-hydrogen) atoms. The number of nitrogens with one attached hydrogen (secondary N) is 1. The summed E-state index contributed by atoms with van der Waals surface area (Å²) in [7, 11) is 0. The van der Waals surface area contributed by atoms with Gasteiger partial charge in [-0.3, -0.25) is 4.79 Å². The van der Waals surface area contributed by atoms with Crippen molar-refractivity contribution in [3.63, 3.8) is 0 Å². The standard InChI is InChI=1S/C13H19FN2O/c1-8(2)9(3)16-7-11-5-4-10(13(15)17)6-12(11)14/h4-6,8-9,16H,7H2,1-3H3,(H2,15,17). The minimum absolute atomic E-state index is 0.197. The number of hydrogen-bond acceptors (Lipinski definition) is 2. The van der Waals surface area contributed by atoms with Gasteiger partial charge in [0.2, 0.25) is 5.91 Å². The zero-order valence-electron chi connectivity index (χ0n) is 10.5. The summed E-state index contributed by atoms with van der Waals surface area (Å²) in [4.78, 5) is 10.9. The van der Waals surface area contributed by atoms with Crippen LogP contribution in [-0.2, 0) is 6.54 Å². The normalized spacial score (nSPS) is 12.8. The van der Waals surface area contributed by atoms with Crippen LogP contribution in [0, 0.1) is 11.7 Å². The molecule has 1 rings (SSSR count). The SMILES string of the molecule is CC(C)C(C)NCc1ccc(C(N)=O)cc1F. The van der Waals surface area contributed by atoms with Crippen LogP contribution in [0.4, 0.5) is 4.39 Å². The topological polar surface area (TPSA) is 55.1 Å². The van der Waals surface area contributed by atoms with Crippen LogP contribution in [0.5, 0.6) is 0 Å². The minimum Gasteiger partial charge on any atom is -0.366 e. The highest BCUT2D eigenvalue weighted by molar-refractivity contribution is 5.92. The number of primary amides is 1. The molecular formula is C13H19FN2O. The third-order valence-electron chi connectivity index (χ3n) is 2.95. The van der Waals surface area contributed by atoms with Gasteiger partial charge in [0.15, 0.2) is 0 Å². The molecule has 0 fully saturated rings. The van der Waals surface area contributed by atoms with Crippen molar-refractivity contribution < 1.29 is 9.18 Å². The van der Waals surface area contributed by atoms with Crippen LogP contribution in [0.3, 0.4) is 0 Å². The maximum atomic E-state index is 13.6. The van der Waals surface area contributed by atoms with E-state index in [0.29, 0.717) is 24.1 Å². The summed E-state index contributed by atoms with van der Waals surface area (Å²) in [6.07, 6.45) is 0. The highest BCUT2D eigenvalue weighted by Crippen LogP contribution is 2.11. The van der Waals surface area contributed by atoms with Crippen LogP contribution >= 0.6 is 0 Å². The average molecular weight is 238 g/mol. The summed E-state index contributed by atoms with van der Waals surface area (Å²) in [5.74, 6) is -0.522. The van der Waals surface area contributed by atoms with E-state index in [2.05, 4.69) is 26.1 Å². The molecule has 0 saturated carbocycles. The molecule has 0 bridgehead atoms. The first-order chi connectivity index (χ1) is 7.91. The summed E-state index contributed by atoms with van der Waals surface area (Å²) < 4.78 is 13.6. The Morgan fingerprint density at radius 1 is 1.41 bits per heavy atom. The lowest BCUT2D eigenvalue weighted by Gasteiger charge is -2.17. The summed E-state index contributed by atoms with van der Waals surface area (Å²) >= 11 is 0. The Labute approximate surface area is 101 Å². The molecule has 0 saturated heterocycles. The van der Waals surface area contributed by atoms with E-state index in [4.69, 9.17) is 5.73 Å². The molecule has 1 aromatic carbocycles. The second-order valence-electron chi connectivity index (χ2n) is 4.58. The van der Waals surface area contributed by atoms with Crippen molar-refractivity contribution in [2.45, 2.75) is 33.4 Å². The second-order valence-corrected chi connectivity index (χ2v) is 4.58. The first kappa shape index (κ1) is 13.6. The Kier molecular flexibility index (Phi) is 4.63. The van der Waals surface area contributed by atoms with Crippen molar-refractivity contribution in [1.29, 1.82) is 0 Å². The third kappa shape index (κ3) is 3.82. The largest absolute Gasteiger partial charge is 0.366 e. The number of hydrogen-bond donors (Lipinski definition) is 2. The first-order valence-corrected chi connectivity index (χ1v) is 5.73. The lowest BCUT2D eigenvalue weighted by atomic mass is 10.1. The number of rotatable bonds is 5. The highest BCUT2D eigenvalue weighted by atomic mass is 19.1. The molecule has 0 aliphatic carbocycles. The summed E-state index contributed by atoms with van der Waals surface area (Å²) in [5.41, 5.74) is 5.81. The molecule has 0 aromatic heterocycles. The number of halogens is 1. The van der Waals surface area contributed by atoms with Crippen molar-refractivity contribution in [2.24, 2.45) is 11.7 Å². The van der Waals surface area contributed by atoms with E-state index in [9.17, 15) is 9.18 Å². The first-order valence-electron chi connectivity index (χ1n) is 5.73. The van der Waals surface area contributed by atoms with Gasteiger partial charge >= 0.3 is 0 Å². The van der Waals surface area contributed by atoms with Crippen molar-refractivity contribution in [3.8, 4) is 0 Å². The summed E-state index contributed by atoms with van der Waals surface area (Å²) in [6.45, 7) is 6.71. The molecule has 0 radical (unpaired) electrons. The van der Waals surface area contributed by atoms with Gasteiger partial charge in [-0.15, -0.1) is 0 Å². The number of benzene rings is 1. The Morgan fingerprint density at radius 3 is 2.53 bits per heavy atom. The molecule has 1 aromatic rings. The number of carbonyl (C=O) groups is 1. The van der Waals surface area contributed by atoms with Gasteiger partial charge < -0.3 is 11.1 Å². The molecule has 0 aliphatic heterocycles. The van der Waals surface area contributed by atoms with Gasteiger partial charge in [-0.2, -0.15) is 0 Å². The Morgan fingerprint density at radius 2 is 2.06 bits per heavy atom. The van der Waals surface area contributed by atoms with E-state index in [0.717, 1.165) is 0 Å². The van der Waals surface area contributed by atoms with Crippen LogP contribution in [0.2, 0.25) is 0 Å². The van der Waals surface area contributed by atoms with Crippen molar-refractivity contribution in [1.82, 2.24) is 5.32 Å². The second kappa shape index (κ2) is 5.77. The molecule has 0 spiro atoms. The summed E-state index contributed by atoms with van der Waals surface area (Å²) in [5, 5.41) is 3.23. The molecule has 0 heterocycles. The molecular weight excluding hydrogens is 219 g/mol.